The molecule has 0 radical (unpaired) electrons. The van der Waals surface area contributed by atoms with Crippen LogP contribution in [0.25, 0.3) is 0 Å². The molecule has 0 bridgehead atoms. The van der Waals surface area contributed by atoms with Crippen LogP contribution < -0.4 is 0 Å². The number of alkyl halides is 1. The predicted octanol–water partition coefficient (Wildman–Crippen LogP) is 3.29. The Morgan fingerprint density at radius 3 is 2.23 bits per heavy atom. The van der Waals surface area contributed by atoms with Gasteiger partial charge in [0, 0.05) is 29.9 Å². The molecule has 10 atom stereocenters. The van der Waals surface area contributed by atoms with Gasteiger partial charge in [-0.3, -0.25) is 4.79 Å². The van der Waals surface area contributed by atoms with Crippen LogP contribution in [-0.2, 0) is 14.3 Å². The summed E-state index contributed by atoms with van der Waals surface area (Å²) >= 11 is 12.3. The molecule has 7 N–H and O–H groups in total. The summed E-state index contributed by atoms with van der Waals surface area (Å²) in [5.74, 6) is -3.06. The van der Waals surface area contributed by atoms with Crippen LogP contribution in [0, 0.1) is 11.8 Å². The van der Waals surface area contributed by atoms with E-state index in [1.807, 2.05) is 13.8 Å². The maximum Gasteiger partial charge on any atom is 0.331 e. The van der Waals surface area contributed by atoms with E-state index in [2.05, 4.69) is 0 Å². The molecule has 0 aromatic carbocycles. The third kappa shape index (κ3) is 14.2. The van der Waals surface area contributed by atoms with Gasteiger partial charge in [-0.15, -0.1) is 11.6 Å². The summed E-state index contributed by atoms with van der Waals surface area (Å²) in [7, 11) is 0. The van der Waals surface area contributed by atoms with Gasteiger partial charge < -0.3 is 40.5 Å². The Morgan fingerprint density at radius 2 is 1.59 bits per heavy atom. The number of aliphatic hydroxyl groups excluding tert-OH is 6. The van der Waals surface area contributed by atoms with Crippen molar-refractivity contribution in [3.63, 3.8) is 0 Å². The lowest BCUT2D eigenvalue weighted by Gasteiger charge is -2.30. The number of ether oxygens (including phenoxy) is 1. The molecule has 0 aromatic rings. The molecule has 1 aliphatic carbocycles. The van der Waals surface area contributed by atoms with E-state index in [9.17, 15) is 40.2 Å². The molecule has 0 spiro atoms. The molecule has 1 rings (SSSR count). The van der Waals surface area contributed by atoms with E-state index in [1.165, 1.54) is 24.3 Å². The summed E-state index contributed by atoms with van der Waals surface area (Å²) in [5.41, 5.74) is 0.814. The van der Waals surface area contributed by atoms with E-state index in [4.69, 9.17) is 33.0 Å². The highest BCUT2D eigenvalue weighted by Gasteiger charge is 2.35. The molecule has 248 valence electrons. The van der Waals surface area contributed by atoms with E-state index in [0.717, 1.165) is 5.57 Å². The molecule has 1 aliphatic rings. The van der Waals surface area contributed by atoms with E-state index in [0.29, 0.717) is 12.8 Å². The van der Waals surface area contributed by atoms with Crippen LogP contribution in [0.4, 0.5) is 0 Å². The maximum absolute atomic E-state index is 12.0. The van der Waals surface area contributed by atoms with Gasteiger partial charge >= 0.3 is 11.9 Å². The topological polar surface area (TPSA) is 185 Å². The van der Waals surface area contributed by atoms with Gasteiger partial charge in [0.25, 0.3) is 0 Å². The fraction of sp³-hybridized carbons (Fsp3) is 0.562. The standard InChI is InChI=1S/C32H46Cl2O10/c1-4-5-13-24(36)29(34)25(37)18-26(38)31(41)30(40)20(3)22(33)12-8-6-10-19(2)11-7-9-14-28(39)44-27-17-21(32(42)43)15-16-23(27)35/h5-14,20-21,23-27,29-31,35-38,40-41H,4,15-18H2,1-3H3,(H,42,43). The van der Waals surface area contributed by atoms with Crippen molar-refractivity contribution >= 4 is 35.1 Å². The second-order valence-electron chi connectivity index (χ2n) is 10.9. The lowest BCUT2D eigenvalue weighted by Crippen LogP contribution is -2.44. The second-order valence-corrected chi connectivity index (χ2v) is 11.8. The molecule has 0 aliphatic heterocycles. The fourth-order valence-electron chi connectivity index (χ4n) is 4.37. The van der Waals surface area contributed by atoms with Crippen LogP contribution in [0.2, 0.25) is 0 Å². The molecule has 10 nitrogen and oxygen atoms in total. The minimum Gasteiger partial charge on any atom is -0.481 e. The number of hydrogen-bond donors (Lipinski definition) is 7. The first-order chi connectivity index (χ1) is 20.7. The van der Waals surface area contributed by atoms with Crippen LogP contribution >= 0.6 is 23.2 Å². The van der Waals surface area contributed by atoms with Crippen molar-refractivity contribution < 1.29 is 50.1 Å². The molecule has 0 amide bonds. The van der Waals surface area contributed by atoms with Gasteiger partial charge in [0.15, 0.2) is 0 Å². The zero-order valence-corrected chi connectivity index (χ0v) is 26.7. The molecule has 1 saturated carbocycles. The van der Waals surface area contributed by atoms with Gasteiger partial charge in [-0.05, 0) is 32.3 Å². The van der Waals surface area contributed by atoms with Crippen molar-refractivity contribution in [2.24, 2.45) is 11.8 Å². The highest BCUT2D eigenvalue weighted by atomic mass is 35.5. The lowest BCUT2D eigenvalue weighted by atomic mass is 9.85. The van der Waals surface area contributed by atoms with E-state index < -0.39 is 71.9 Å². The number of allylic oxidation sites excluding steroid dienone is 9. The van der Waals surface area contributed by atoms with Gasteiger partial charge in [-0.25, -0.2) is 4.79 Å². The Balaban J connectivity index is 2.60. The van der Waals surface area contributed by atoms with Crippen LogP contribution in [-0.4, -0.2) is 95.8 Å². The number of esters is 1. The Labute approximate surface area is 269 Å². The number of rotatable bonds is 17. The zero-order chi connectivity index (χ0) is 33.4. The van der Waals surface area contributed by atoms with Gasteiger partial charge in [-0.1, -0.05) is 79.6 Å². The third-order valence-electron chi connectivity index (χ3n) is 7.24. The smallest absolute Gasteiger partial charge is 0.331 e. The number of carboxylic acid groups (broad SMARTS) is 1. The average Bonchev–Trinajstić information content (AvgIpc) is 2.99. The summed E-state index contributed by atoms with van der Waals surface area (Å²) in [5, 5.41) is 69.7. The van der Waals surface area contributed by atoms with Crippen molar-refractivity contribution in [2.45, 2.75) is 101 Å². The number of carbonyl (C=O) groups is 2. The van der Waals surface area contributed by atoms with Crippen molar-refractivity contribution in [2.75, 3.05) is 0 Å². The summed E-state index contributed by atoms with van der Waals surface area (Å²) in [4.78, 5) is 23.2. The molecule has 0 saturated heterocycles. The maximum atomic E-state index is 12.0. The molecule has 44 heavy (non-hydrogen) atoms. The number of carboxylic acids is 1. The van der Waals surface area contributed by atoms with Crippen molar-refractivity contribution in [3.05, 3.63) is 71.4 Å². The predicted molar refractivity (Wildman–Crippen MR) is 169 cm³/mol. The summed E-state index contributed by atoms with van der Waals surface area (Å²) in [6.07, 6.45) is 7.79. The van der Waals surface area contributed by atoms with E-state index >= 15 is 0 Å². The molecule has 0 heterocycles. The van der Waals surface area contributed by atoms with Crippen molar-refractivity contribution in [1.82, 2.24) is 0 Å². The van der Waals surface area contributed by atoms with Crippen molar-refractivity contribution in [1.29, 1.82) is 0 Å². The first-order valence-electron chi connectivity index (χ1n) is 14.6. The number of aliphatic carboxylic acids is 1. The normalized spacial score (nSPS) is 25.3. The monoisotopic (exact) mass is 660 g/mol. The Morgan fingerprint density at radius 1 is 0.955 bits per heavy atom. The fourth-order valence-corrected chi connectivity index (χ4v) is 4.76. The van der Waals surface area contributed by atoms with Crippen LogP contribution in [0.3, 0.4) is 0 Å². The molecule has 1 fully saturated rings. The highest BCUT2D eigenvalue weighted by molar-refractivity contribution is 6.30. The largest absolute Gasteiger partial charge is 0.481 e. The van der Waals surface area contributed by atoms with Gasteiger partial charge in [0.2, 0.25) is 0 Å². The average molecular weight is 662 g/mol. The molecular formula is C32H46Cl2O10. The zero-order valence-electron chi connectivity index (χ0n) is 25.2. The van der Waals surface area contributed by atoms with Gasteiger partial charge in [-0.2, -0.15) is 0 Å². The summed E-state index contributed by atoms with van der Waals surface area (Å²) < 4.78 is 5.21. The molecule has 0 aromatic heterocycles. The first-order valence-corrected chi connectivity index (χ1v) is 15.4. The Hall–Kier alpha value is -2.28. The van der Waals surface area contributed by atoms with E-state index in [-0.39, 0.29) is 24.3 Å². The Kier molecular flexibility index (Phi) is 18.7. The molecule has 10 unspecified atom stereocenters. The quantitative estimate of drug-likeness (QED) is 0.0401. The van der Waals surface area contributed by atoms with Crippen LogP contribution in [0.1, 0.15) is 52.9 Å². The van der Waals surface area contributed by atoms with Gasteiger partial charge in [0.05, 0.1) is 41.8 Å². The first kappa shape index (κ1) is 39.7. The summed E-state index contributed by atoms with van der Waals surface area (Å²) in [6.45, 7) is 5.24. The minimum absolute atomic E-state index is 0.0705. The molecular weight excluding hydrogens is 615 g/mol. The third-order valence-corrected chi connectivity index (χ3v) is 8.26. The number of aliphatic hydroxyl groups is 6. The Bertz CT molecular complexity index is 1080. The second kappa shape index (κ2) is 20.7. The number of hydrogen-bond acceptors (Lipinski definition) is 9. The number of halogens is 2. The number of carbonyl (C=O) groups excluding carboxylic acids is 1. The minimum atomic E-state index is -1.63. The lowest BCUT2D eigenvalue weighted by molar-refractivity contribution is -0.159. The van der Waals surface area contributed by atoms with Crippen LogP contribution in [0.5, 0.6) is 0 Å². The summed E-state index contributed by atoms with van der Waals surface area (Å²) in [6, 6.07) is 0. The SMILES string of the molecule is CCC=CC(O)C(Cl)C(O)CC(O)C(O)C(O)C(C)C(Cl)=CC=CC=C(C)C=CC=CC(=O)OC1CC(C(=O)O)CCC1O. The van der Waals surface area contributed by atoms with Crippen LogP contribution in [0.15, 0.2) is 71.4 Å². The molecule has 12 heteroatoms. The highest BCUT2D eigenvalue weighted by Crippen LogP contribution is 2.27. The van der Waals surface area contributed by atoms with Crippen molar-refractivity contribution in [3.8, 4) is 0 Å². The van der Waals surface area contributed by atoms with E-state index in [1.54, 1.807) is 43.4 Å². The van der Waals surface area contributed by atoms with Gasteiger partial charge in [0.1, 0.15) is 12.2 Å².